The van der Waals surface area contributed by atoms with Crippen LogP contribution in [0.4, 0.5) is 0 Å². The summed E-state index contributed by atoms with van der Waals surface area (Å²) in [5.74, 6) is 0.399. The van der Waals surface area contributed by atoms with Gasteiger partial charge in [-0.15, -0.1) is 12.4 Å². The average molecular weight is 380 g/mol. The van der Waals surface area contributed by atoms with E-state index in [0.717, 1.165) is 25.9 Å². The second kappa shape index (κ2) is 9.36. The molecule has 1 saturated heterocycles. The predicted molar refractivity (Wildman–Crippen MR) is 93.5 cm³/mol. The molecule has 1 aromatic rings. The standard InChI is InChI=1S/C14H25N5O3S.ClH/c1-3-15-8-12-4-6-19(7-5-12)14(20)9-17-23(21,22)13-10-18(2)11-16-13;/h10-12,15,17H,3-9H2,1-2H3;1H. The number of amides is 1. The molecule has 0 aliphatic carbocycles. The minimum atomic E-state index is -3.74. The number of rotatable bonds is 7. The molecule has 0 spiro atoms. The van der Waals surface area contributed by atoms with Crippen LogP contribution < -0.4 is 10.0 Å². The Morgan fingerprint density at radius 3 is 2.58 bits per heavy atom. The molecule has 24 heavy (non-hydrogen) atoms. The van der Waals surface area contributed by atoms with Crippen molar-refractivity contribution in [2.24, 2.45) is 13.0 Å². The second-order valence-corrected chi connectivity index (χ2v) is 7.55. The average Bonchev–Trinajstić information content (AvgIpc) is 2.98. The maximum Gasteiger partial charge on any atom is 0.260 e. The Morgan fingerprint density at radius 2 is 2.04 bits per heavy atom. The Labute approximate surface area is 149 Å². The maximum absolute atomic E-state index is 12.2. The highest BCUT2D eigenvalue weighted by atomic mass is 35.5. The molecular formula is C14H26ClN5O3S. The smallest absolute Gasteiger partial charge is 0.260 e. The second-order valence-electron chi connectivity index (χ2n) is 5.83. The van der Waals surface area contributed by atoms with E-state index in [4.69, 9.17) is 0 Å². The van der Waals surface area contributed by atoms with Gasteiger partial charge in [-0.1, -0.05) is 6.92 Å². The number of nitrogens with one attached hydrogen (secondary N) is 2. The lowest BCUT2D eigenvalue weighted by molar-refractivity contribution is -0.131. The summed E-state index contributed by atoms with van der Waals surface area (Å²) in [6, 6.07) is 0. The molecule has 0 unspecified atom stereocenters. The Kier molecular flexibility index (Phi) is 8.14. The molecule has 0 saturated carbocycles. The molecule has 2 heterocycles. The zero-order chi connectivity index (χ0) is 16.9. The molecule has 0 radical (unpaired) electrons. The number of halogens is 1. The Balaban J connectivity index is 0.00000288. The van der Waals surface area contributed by atoms with Gasteiger partial charge in [0.25, 0.3) is 10.0 Å². The van der Waals surface area contributed by atoms with Crippen LogP contribution in [0.15, 0.2) is 17.6 Å². The van der Waals surface area contributed by atoms with E-state index in [-0.39, 0.29) is 29.9 Å². The number of hydrogen-bond donors (Lipinski definition) is 2. The van der Waals surface area contributed by atoms with Crippen molar-refractivity contribution in [2.45, 2.75) is 24.8 Å². The molecule has 0 aromatic carbocycles. The van der Waals surface area contributed by atoms with Crippen LogP contribution in [0, 0.1) is 5.92 Å². The van der Waals surface area contributed by atoms with E-state index in [1.54, 1.807) is 16.5 Å². The third-order valence-corrected chi connectivity index (χ3v) is 5.31. The third-order valence-electron chi connectivity index (χ3n) is 4.02. The molecule has 0 bridgehead atoms. The highest BCUT2D eigenvalue weighted by Gasteiger charge is 2.24. The van der Waals surface area contributed by atoms with Crippen LogP contribution in [0.3, 0.4) is 0 Å². The fourth-order valence-electron chi connectivity index (χ4n) is 2.61. The van der Waals surface area contributed by atoms with E-state index in [9.17, 15) is 13.2 Å². The molecule has 2 N–H and O–H groups in total. The first-order valence-electron chi connectivity index (χ1n) is 7.88. The van der Waals surface area contributed by atoms with Gasteiger partial charge in [0.2, 0.25) is 5.91 Å². The molecule has 2 rings (SSSR count). The van der Waals surface area contributed by atoms with Crippen LogP contribution in [0.1, 0.15) is 19.8 Å². The Bertz CT molecular complexity index is 626. The largest absolute Gasteiger partial charge is 0.342 e. The van der Waals surface area contributed by atoms with E-state index in [0.29, 0.717) is 19.0 Å². The summed E-state index contributed by atoms with van der Waals surface area (Å²) in [5.41, 5.74) is 0. The summed E-state index contributed by atoms with van der Waals surface area (Å²) in [6.45, 7) is 5.14. The number of likely N-dealkylation sites (tertiary alicyclic amines) is 1. The number of imidazole rings is 1. The van der Waals surface area contributed by atoms with Crippen LogP contribution in [0.5, 0.6) is 0 Å². The van der Waals surface area contributed by atoms with Crippen molar-refractivity contribution in [1.82, 2.24) is 24.5 Å². The first-order valence-corrected chi connectivity index (χ1v) is 9.37. The lowest BCUT2D eigenvalue weighted by Gasteiger charge is -2.32. The van der Waals surface area contributed by atoms with E-state index >= 15 is 0 Å². The third kappa shape index (κ3) is 5.73. The van der Waals surface area contributed by atoms with Crippen molar-refractivity contribution in [3.63, 3.8) is 0 Å². The Hall–Kier alpha value is -1.16. The van der Waals surface area contributed by atoms with Crippen LogP contribution >= 0.6 is 12.4 Å². The van der Waals surface area contributed by atoms with Gasteiger partial charge in [-0.3, -0.25) is 4.79 Å². The van der Waals surface area contributed by atoms with Gasteiger partial charge in [-0.2, -0.15) is 0 Å². The topological polar surface area (TPSA) is 96.3 Å². The fourth-order valence-corrected chi connectivity index (χ4v) is 3.56. The van der Waals surface area contributed by atoms with E-state index < -0.39 is 10.0 Å². The summed E-state index contributed by atoms with van der Waals surface area (Å²) in [5, 5.41) is 3.25. The molecule has 138 valence electrons. The molecule has 1 aliphatic rings. The molecule has 8 nitrogen and oxygen atoms in total. The maximum atomic E-state index is 12.2. The monoisotopic (exact) mass is 379 g/mol. The molecule has 1 amide bonds. The summed E-state index contributed by atoms with van der Waals surface area (Å²) in [7, 11) is -2.05. The van der Waals surface area contributed by atoms with Crippen molar-refractivity contribution in [2.75, 3.05) is 32.7 Å². The summed E-state index contributed by atoms with van der Waals surface area (Å²) in [4.78, 5) is 17.7. The van der Waals surface area contributed by atoms with Crippen molar-refractivity contribution < 1.29 is 13.2 Å². The van der Waals surface area contributed by atoms with Crippen LogP contribution in [-0.2, 0) is 21.9 Å². The zero-order valence-corrected chi connectivity index (χ0v) is 15.7. The highest BCUT2D eigenvalue weighted by Crippen LogP contribution is 2.16. The molecule has 1 aliphatic heterocycles. The molecule has 1 fully saturated rings. The van der Waals surface area contributed by atoms with Gasteiger partial charge in [0.05, 0.1) is 12.9 Å². The van der Waals surface area contributed by atoms with Gasteiger partial charge in [-0.05, 0) is 31.8 Å². The number of carbonyl (C=O) groups excluding carboxylic acids is 1. The number of sulfonamides is 1. The van der Waals surface area contributed by atoms with Crippen LogP contribution in [0.25, 0.3) is 0 Å². The summed E-state index contributed by atoms with van der Waals surface area (Å²) >= 11 is 0. The quantitative estimate of drug-likeness (QED) is 0.693. The van der Waals surface area contributed by atoms with Gasteiger partial charge in [0, 0.05) is 26.3 Å². The normalized spacial score (nSPS) is 16.0. The number of hydrogen-bond acceptors (Lipinski definition) is 5. The van der Waals surface area contributed by atoms with E-state index in [1.807, 2.05) is 0 Å². The minimum Gasteiger partial charge on any atom is -0.342 e. The van der Waals surface area contributed by atoms with Gasteiger partial charge in [-0.25, -0.2) is 18.1 Å². The van der Waals surface area contributed by atoms with Crippen molar-refractivity contribution in [3.8, 4) is 0 Å². The van der Waals surface area contributed by atoms with Crippen molar-refractivity contribution in [3.05, 3.63) is 12.5 Å². The number of aromatic nitrogens is 2. The lowest BCUT2D eigenvalue weighted by Crippen LogP contribution is -2.45. The van der Waals surface area contributed by atoms with Crippen LogP contribution in [-0.4, -0.2) is 61.5 Å². The zero-order valence-electron chi connectivity index (χ0n) is 14.1. The molecule has 10 heteroatoms. The van der Waals surface area contributed by atoms with Gasteiger partial charge >= 0.3 is 0 Å². The number of nitrogens with zero attached hydrogens (tertiary/aromatic N) is 3. The predicted octanol–water partition coefficient (Wildman–Crippen LogP) is -0.0317. The number of carbonyl (C=O) groups is 1. The number of piperidine rings is 1. The van der Waals surface area contributed by atoms with Crippen LogP contribution in [0.2, 0.25) is 0 Å². The molecular weight excluding hydrogens is 354 g/mol. The molecule has 0 atom stereocenters. The number of aryl methyl sites for hydroxylation is 1. The first-order chi connectivity index (χ1) is 10.9. The van der Waals surface area contributed by atoms with Crippen molar-refractivity contribution >= 4 is 28.3 Å². The Morgan fingerprint density at radius 1 is 1.38 bits per heavy atom. The van der Waals surface area contributed by atoms with Gasteiger partial charge in [0.15, 0.2) is 5.03 Å². The van der Waals surface area contributed by atoms with E-state index in [2.05, 4.69) is 21.9 Å². The van der Waals surface area contributed by atoms with E-state index in [1.165, 1.54) is 12.5 Å². The minimum absolute atomic E-state index is 0. The van der Waals surface area contributed by atoms with Crippen molar-refractivity contribution in [1.29, 1.82) is 0 Å². The first kappa shape index (κ1) is 20.9. The highest BCUT2D eigenvalue weighted by molar-refractivity contribution is 7.89. The van der Waals surface area contributed by atoms with Gasteiger partial charge < -0.3 is 14.8 Å². The summed E-state index contributed by atoms with van der Waals surface area (Å²) in [6.07, 6.45) is 4.71. The molecule has 1 aromatic heterocycles. The summed E-state index contributed by atoms with van der Waals surface area (Å²) < 4.78 is 27.9. The SMILES string of the molecule is CCNCC1CCN(C(=O)CNS(=O)(=O)c2cn(C)cn2)CC1.Cl. The van der Waals surface area contributed by atoms with Gasteiger partial charge in [0.1, 0.15) is 0 Å². The lowest BCUT2D eigenvalue weighted by atomic mass is 9.97. The fraction of sp³-hybridized carbons (Fsp3) is 0.714.